The molecule has 2 atom stereocenters. The van der Waals surface area contributed by atoms with Gasteiger partial charge in [0.05, 0.1) is 5.92 Å². The second-order valence-electron chi connectivity index (χ2n) is 6.59. The van der Waals surface area contributed by atoms with Crippen molar-refractivity contribution in [2.24, 2.45) is 11.8 Å². The highest BCUT2D eigenvalue weighted by Gasteiger charge is 2.20. The molecule has 0 aromatic heterocycles. The Morgan fingerprint density at radius 2 is 2.20 bits per heavy atom. The van der Waals surface area contributed by atoms with Gasteiger partial charge in [0.2, 0.25) is 5.91 Å². The average molecular weight is 281 g/mol. The summed E-state index contributed by atoms with van der Waals surface area (Å²) in [5.74, 6) is 1.32. The van der Waals surface area contributed by atoms with E-state index >= 15 is 0 Å². The first-order chi connectivity index (χ1) is 9.75. The molecular formula is C16H31N3O. The fraction of sp³-hybridized carbons (Fsp3) is 0.938. The van der Waals surface area contributed by atoms with Crippen LogP contribution in [0.5, 0.6) is 0 Å². The summed E-state index contributed by atoms with van der Waals surface area (Å²) in [5.41, 5.74) is 0. The van der Waals surface area contributed by atoms with E-state index in [1.807, 2.05) is 0 Å². The van der Waals surface area contributed by atoms with Crippen LogP contribution < -0.4 is 10.6 Å². The lowest BCUT2D eigenvalue weighted by Crippen LogP contribution is -2.41. The summed E-state index contributed by atoms with van der Waals surface area (Å²) in [7, 11) is 0. The first kappa shape index (κ1) is 15.8. The third-order valence-corrected chi connectivity index (χ3v) is 4.61. The van der Waals surface area contributed by atoms with Gasteiger partial charge in [-0.05, 0) is 64.1 Å². The van der Waals surface area contributed by atoms with Gasteiger partial charge in [-0.1, -0.05) is 6.92 Å². The number of amides is 1. The van der Waals surface area contributed by atoms with Crippen LogP contribution >= 0.6 is 0 Å². The second kappa shape index (κ2) is 8.63. The normalized spacial score (nSPS) is 28.2. The minimum atomic E-state index is 0.201. The minimum absolute atomic E-state index is 0.201. The monoisotopic (exact) mass is 281 g/mol. The molecule has 4 heteroatoms. The van der Waals surface area contributed by atoms with Crippen molar-refractivity contribution in [3.05, 3.63) is 0 Å². The van der Waals surface area contributed by atoms with Crippen molar-refractivity contribution >= 4 is 5.91 Å². The van der Waals surface area contributed by atoms with Crippen LogP contribution in [0.3, 0.4) is 0 Å². The van der Waals surface area contributed by atoms with Crippen molar-refractivity contribution in [1.82, 2.24) is 15.5 Å². The lowest BCUT2D eigenvalue weighted by molar-refractivity contribution is -0.125. The highest BCUT2D eigenvalue weighted by molar-refractivity contribution is 5.78. The molecule has 0 saturated carbocycles. The molecule has 0 aromatic rings. The molecule has 2 rings (SSSR count). The molecular weight excluding hydrogens is 250 g/mol. The Morgan fingerprint density at radius 1 is 1.30 bits per heavy atom. The Labute approximate surface area is 123 Å². The predicted octanol–water partition coefficient (Wildman–Crippen LogP) is 1.61. The van der Waals surface area contributed by atoms with Crippen LogP contribution in [0.15, 0.2) is 0 Å². The van der Waals surface area contributed by atoms with Crippen LogP contribution in [-0.2, 0) is 4.79 Å². The summed E-state index contributed by atoms with van der Waals surface area (Å²) in [6, 6.07) is 0. The number of nitrogens with zero attached hydrogens (tertiary/aromatic N) is 1. The summed E-state index contributed by atoms with van der Waals surface area (Å²) in [6.45, 7) is 8.86. The van der Waals surface area contributed by atoms with E-state index in [0.717, 1.165) is 44.8 Å². The molecule has 2 fully saturated rings. The second-order valence-corrected chi connectivity index (χ2v) is 6.59. The van der Waals surface area contributed by atoms with Crippen molar-refractivity contribution in [3.63, 3.8) is 0 Å². The van der Waals surface area contributed by atoms with Crippen LogP contribution in [0.4, 0.5) is 0 Å². The van der Waals surface area contributed by atoms with Gasteiger partial charge in [0.15, 0.2) is 0 Å². The number of likely N-dealkylation sites (tertiary alicyclic amines) is 1. The van der Waals surface area contributed by atoms with Gasteiger partial charge in [0.25, 0.3) is 0 Å². The van der Waals surface area contributed by atoms with Gasteiger partial charge in [-0.25, -0.2) is 0 Å². The van der Waals surface area contributed by atoms with E-state index in [9.17, 15) is 4.79 Å². The van der Waals surface area contributed by atoms with Crippen molar-refractivity contribution in [1.29, 1.82) is 0 Å². The Balaban J connectivity index is 1.49. The Hall–Kier alpha value is -0.610. The van der Waals surface area contributed by atoms with Crippen molar-refractivity contribution in [2.75, 3.05) is 39.3 Å². The van der Waals surface area contributed by atoms with Gasteiger partial charge in [-0.2, -0.15) is 0 Å². The molecule has 2 N–H and O–H groups in total. The Kier molecular flexibility index (Phi) is 6.80. The van der Waals surface area contributed by atoms with E-state index in [-0.39, 0.29) is 11.8 Å². The summed E-state index contributed by atoms with van der Waals surface area (Å²) in [6.07, 6.45) is 7.23. The number of hydrogen-bond acceptors (Lipinski definition) is 3. The fourth-order valence-corrected chi connectivity index (χ4v) is 3.38. The van der Waals surface area contributed by atoms with E-state index in [2.05, 4.69) is 22.5 Å². The molecule has 0 radical (unpaired) electrons. The fourth-order valence-electron chi connectivity index (χ4n) is 3.38. The topological polar surface area (TPSA) is 44.4 Å². The zero-order chi connectivity index (χ0) is 14.2. The number of rotatable bonds is 6. The van der Waals surface area contributed by atoms with E-state index in [4.69, 9.17) is 0 Å². The third-order valence-electron chi connectivity index (χ3n) is 4.61. The SMILES string of the molecule is CC1CCCN(CCCCNC(=O)C2CCCNC2)C1. The van der Waals surface area contributed by atoms with Gasteiger partial charge in [-0.3, -0.25) is 4.79 Å². The van der Waals surface area contributed by atoms with Gasteiger partial charge in [-0.15, -0.1) is 0 Å². The van der Waals surface area contributed by atoms with Crippen molar-refractivity contribution in [2.45, 2.75) is 45.4 Å². The van der Waals surface area contributed by atoms with Gasteiger partial charge in [0.1, 0.15) is 0 Å². The van der Waals surface area contributed by atoms with Crippen LogP contribution in [-0.4, -0.2) is 50.1 Å². The van der Waals surface area contributed by atoms with E-state index in [1.165, 1.54) is 38.9 Å². The summed E-state index contributed by atoms with van der Waals surface area (Å²) < 4.78 is 0. The first-order valence-corrected chi connectivity index (χ1v) is 8.46. The highest BCUT2D eigenvalue weighted by Crippen LogP contribution is 2.15. The lowest BCUT2D eigenvalue weighted by Gasteiger charge is -2.30. The molecule has 0 bridgehead atoms. The number of carbonyl (C=O) groups excluding carboxylic acids is 1. The predicted molar refractivity (Wildman–Crippen MR) is 82.7 cm³/mol. The van der Waals surface area contributed by atoms with Gasteiger partial charge < -0.3 is 15.5 Å². The zero-order valence-electron chi connectivity index (χ0n) is 13.0. The summed E-state index contributed by atoms with van der Waals surface area (Å²) in [5, 5.41) is 6.40. The molecule has 1 amide bonds. The summed E-state index contributed by atoms with van der Waals surface area (Å²) >= 11 is 0. The maximum Gasteiger partial charge on any atom is 0.224 e. The van der Waals surface area contributed by atoms with Crippen LogP contribution in [0.1, 0.15) is 45.4 Å². The minimum Gasteiger partial charge on any atom is -0.356 e. The number of piperidine rings is 2. The standard InChI is InChI=1S/C16H31N3O/c1-14-6-5-11-19(13-14)10-3-2-9-18-16(20)15-7-4-8-17-12-15/h14-15,17H,2-13H2,1H3,(H,18,20). The smallest absolute Gasteiger partial charge is 0.224 e. The molecule has 4 nitrogen and oxygen atoms in total. The Bertz CT molecular complexity index is 289. The number of carbonyl (C=O) groups is 1. The molecule has 2 aliphatic rings. The molecule has 0 aliphatic carbocycles. The molecule has 0 spiro atoms. The zero-order valence-corrected chi connectivity index (χ0v) is 13.0. The molecule has 2 unspecified atom stereocenters. The summed E-state index contributed by atoms with van der Waals surface area (Å²) in [4.78, 5) is 14.5. The molecule has 116 valence electrons. The number of unbranched alkanes of at least 4 members (excludes halogenated alkanes) is 1. The third kappa shape index (κ3) is 5.41. The molecule has 2 heterocycles. The van der Waals surface area contributed by atoms with Gasteiger partial charge >= 0.3 is 0 Å². The average Bonchev–Trinajstić information content (AvgIpc) is 2.48. The Morgan fingerprint density at radius 3 is 2.95 bits per heavy atom. The van der Waals surface area contributed by atoms with Crippen LogP contribution in [0, 0.1) is 11.8 Å². The van der Waals surface area contributed by atoms with Gasteiger partial charge in [0, 0.05) is 19.6 Å². The van der Waals surface area contributed by atoms with Crippen LogP contribution in [0.2, 0.25) is 0 Å². The molecule has 2 aliphatic heterocycles. The van der Waals surface area contributed by atoms with E-state index in [0.29, 0.717) is 0 Å². The lowest BCUT2D eigenvalue weighted by atomic mass is 9.99. The molecule has 20 heavy (non-hydrogen) atoms. The maximum atomic E-state index is 11.9. The van der Waals surface area contributed by atoms with Crippen LogP contribution in [0.25, 0.3) is 0 Å². The molecule has 2 saturated heterocycles. The first-order valence-electron chi connectivity index (χ1n) is 8.46. The van der Waals surface area contributed by atoms with E-state index < -0.39 is 0 Å². The molecule has 0 aromatic carbocycles. The number of nitrogens with one attached hydrogen (secondary N) is 2. The number of hydrogen-bond donors (Lipinski definition) is 2. The largest absolute Gasteiger partial charge is 0.356 e. The quantitative estimate of drug-likeness (QED) is 0.727. The highest BCUT2D eigenvalue weighted by atomic mass is 16.1. The van der Waals surface area contributed by atoms with Crippen molar-refractivity contribution in [3.8, 4) is 0 Å². The van der Waals surface area contributed by atoms with Crippen molar-refractivity contribution < 1.29 is 4.79 Å². The maximum absolute atomic E-state index is 11.9. The van der Waals surface area contributed by atoms with E-state index in [1.54, 1.807) is 0 Å².